The van der Waals surface area contributed by atoms with Gasteiger partial charge in [-0.3, -0.25) is 9.36 Å². The van der Waals surface area contributed by atoms with E-state index in [0.717, 1.165) is 11.7 Å². The maximum absolute atomic E-state index is 12.9. The molecule has 1 fully saturated rings. The first-order valence-electron chi connectivity index (χ1n) is 7.86. The maximum atomic E-state index is 12.9. The van der Waals surface area contributed by atoms with E-state index in [9.17, 15) is 22.8 Å². The molecule has 1 aromatic heterocycles. The number of aromatic nitrogens is 3. The Morgan fingerprint density at radius 2 is 1.76 bits per heavy atom. The van der Waals surface area contributed by atoms with Gasteiger partial charge in [-0.2, -0.15) is 13.2 Å². The first kappa shape index (κ1) is 17.2. The van der Waals surface area contributed by atoms with Gasteiger partial charge in [0.1, 0.15) is 0 Å². The van der Waals surface area contributed by atoms with Crippen LogP contribution >= 0.6 is 0 Å². The highest BCUT2D eigenvalue weighted by Crippen LogP contribution is 2.28. The van der Waals surface area contributed by atoms with Crippen molar-refractivity contribution in [3.8, 4) is 0 Å². The number of benzene rings is 1. The van der Waals surface area contributed by atoms with Gasteiger partial charge in [0.2, 0.25) is 5.82 Å². The van der Waals surface area contributed by atoms with Gasteiger partial charge in [0, 0.05) is 25.7 Å². The van der Waals surface area contributed by atoms with Crippen molar-refractivity contribution in [1.29, 1.82) is 0 Å². The normalized spacial score (nSPS) is 16.2. The number of carbonyl (C=O) groups is 1. The first-order chi connectivity index (χ1) is 11.8. The smallest absolute Gasteiger partial charge is 0.338 e. The molecule has 0 atom stereocenters. The Hall–Kier alpha value is -2.58. The van der Waals surface area contributed by atoms with Crippen LogP contribution in [-0.4, -0.2) is 38.2 Å². The van der Waals surface area contributed by atoms with E-state index in [4.69, 9.17) is 0 Å². The van der Waals surface area contributed by atoms with E-state index in [2.05, 4.69) is 5.10 Å². The molecule has 0 aliphatic carbocycles. The molecule has 3 rings (SSSR count). The molecule has 0 bridgehead atoms. The molecule has 9 heteroatoms. The molecule has 0 N–H and O–H groups in total. The highest BCUT2D eigenvalue weighted by atomic mass is 19.4. The predicted molar refractivity (Wildman–Crippen MR) is 83.1 cm³/mol. The number of carbonyl (C=O) groups excluding carboxylic acids is 1. The number of rotatable bonds is 2. The summed E-state index contributed by atoms with van der Waals surface area (Å²) < 4.78 is 40.0. The fraction of sp³-hybridized carbons (Fsp3) is 0.438. The van der Waals surface area contributed by atoms with Crippen molar-refractivity contribution >= 4 is 5.91 Å². The van der Waals surface area contributed by atoms with Crippen molar-refractivity contribution in [3.63, 3.8) is 0 Å². The summed E-state index contributed by atoms with van der Waals surface area (Å²) in [5.74, 6) is -1.33. The monoisotopic (exact) mass is 354 g/mol. The van der Waals surface area contributed by atoms with Crippen molar-refractivity contribution in [1.82, 2.24) is 19.2 Å². The molecule has 0 unspecified atom stereocenters. The van der Waals surface area contributed by atoms with Crippen LogP contribution in [0.2, 0.25) is 0 Å². The van der Waals surface area contributed by atoms with Crippen molar-refractivity contribution in [2.75, 3.05) is 13.1 Å². The zero-order valence-corrected chi connectivity index (χ0v) is 13.5. The van der Waals surface area contributed by atoms with Crippen LogP contribution in [-0.2, 0) is 13.2 Å². The molecule has 0 radical (unpaired) electrons. The lowest BCUT2D eigenvalue weighted by molar-refractivity contribution is -0.147. The minimum absolute atomic E-state index is 0.122. The second-order valence-corrected chi connectivity index (χ2v) is 6.00. The van der Waals surface area contributed by atoms with E-state index in [1.54, 1.807) is 29.2 Å². The number of alkyl halides is 3. The van der Waals surface area contributed by atoms with Gasteiger partial charge in [0.25, 0.3) is 5.91 Å². The number of likely N-dealkylation sites (tertiary alicyclic amines) is 1. The third-order valence-electron chi connectivity index (χ3n) is 4.37. The minimum atomic E-state index is -4.68. The Kier molecular flexibility index (Phi) is 4.40. The van der Waals surface area contributed by atoms with Crippen LogP contribution in [0.15, 0.2) is 35.1 Å². The number of amides is 1. The van der Waals surface area contributed by atoms with Crippen molar-refractivity contribution in [2.24, 2.45) is 7.05 Å². The Morgan fingerprint density at radius 1 is 1.16 bits per heavy atom. The Balaban J connectivity index is 1.73. The van der Waals surface area contributed by atoms with Crippen molar-refractivity contribution in [2.45, 2.75) is 25.1 Å². The molecule has 1 aromatic carbocycles. The summed E-state index contributed by atoms with van der Waals surface area (Å²) in [7, 11) is 1.06. The van der Waals surface area contributed by atoms with Gasteiger partial charge in [0.05, 0.1) is 6.04 Å². The SMILES string of the molecule is Cn1c(C(F)(F)F)nn(C2CCN(C(=O)c3ccccc3)CC2)c1=O. The molecule has 6 nitrogen and oxygen atoms in total. The standard InChI is InChI=1S/C16H17F3N4O2/c1-21-14(16(17,18)19)20-23(15(21)25)12-7-9-22(10-8-12)13(24)11-5-3-2-4-6-11/h2-6,12H,7-10H2,1H3. The van der Waals surface area contributed by atoms with Gasteiger partial charge in [-0.05, 0) is 25.0 Å². The van der Waals surface area contributed by atoms with E-state index >= 15 is 0 Å². The summed E-state index contributed by atoms with van der Waals surface area (Å²) in [6.07, 6.45) is -3.91. The predicted octanol–water partition coefficient (Wildman–Crippen LogP) is 2.08. The van der Waals surface area contributed by atoms with Crippen molar-refractivity contribution in [3.05, 3.63) is 52.2 Å². The molecule has 1 amide bonds. The van der Waals surface area contributed by atoms with E-state index in [-0.39, 0.29) is 5.91 Å². The van der Waals surface area contributed by atoms with Gasteiger partial charge in [-0.25, -0.2) is 9.48 Å². The molecule has 0 spiro atoms. The molecular weight excluding hydrogens is 337 g/mol. The Labute approximate surface area is 141 Å². The largest absolute Gasteiger partial charge is 0.451 e. The second-order valence-electron chi connectivity index (χ2n) is 6.00. The van der Waals surface area contributed by atoms with E-state index in [0.29, 0.717) is 36.1 Å². The molecule has 2 heterocycles. The summed E-state index contributed by atoms with van der Waals surface area (Å²) in [4.78, 5) is 26.1. The second kappa shape index (κ2) is 6.38. The molecule has 1 saturated heterocycles. The number of piperidine rings is 1. The molecule has 1 aliphatic heterocycles. The quantitative estimate of drug-likeness (QED) is 0.830. The summed E-state index contributed by atoms with van der Waals surface area (Å²) in [6.45, 7) is 0.728. The van der Waals surface area contributed by atoms with Crippen LogP contribution in [0.3, 0.4) is 0 Å². The average molecular weight is 354 g/mol. The van der Waals surface area contributed by atoms with Crippen LogP contribution in [0, 0.1) is 0 Å². The molecule has 2 aromatic rings. The molecule has 0 saturated carbocycles. The van der Waals surface area contributed by atoms with Crippen LogP contribution < -0.4 is 5.69 Å². The highest BCUT2D eigenvalue weighted by Gasteiger charge is 2.39. The van der Waals surface area contributed by atoms with Crippen LogP contribution in [0.5, 0.6) is 0 Å². The minimum Gasteiger partial charge on any atom is -0.338 e. The molecule has 1 aliphatic rings. The third kappa shape index (κ3) is 3.31. The van der Waals surface area contributed by atoms with Gasteiger partial charge < -0.3 is 4.90 Å². The summed E-state index contributed by atoms with van der Waals surface area (Å²) >= 11 is 0. The lowest BCUT2D eigenvalue weighted by Crippen LogP contribution is -2.41. The third-order valence-corrected chi connectivity index (χ3v) is 4.37. The summed E-state index contributed by atoms with van der Waals surface area (Å²) in [5.41, 5.74) is -0.226. The topological polar surface area (TPSA) is 60.1 Å². The number of nitrogens with zero attached hydrogens (tertiary/aromatic N) is 4. The maximum Gasteiger partial charge on any atom is 0.451 e. The zero-order valence-electron chi connectivity index (χ0n) is 13.5. The van der Waals surface area contributed by atoms with Crippen LogP contribution in [0.4, 0.5) is 13.2 Å². The Morgan fingerprint density at radius 3 is 2.28 bits per heavy atom. The summed E-state index contributed by atoms with van der Waals surface area (Å²) in [5, 5.41) is 3.47. The number of hydrogen-bond acceptors (Lipinski definition) is 3. The Bertz CT molecular complexity index is 818. The van der Waals surface area contributed by atoms with E-state index in [1.165, 1.54) is 0 Å². The molecule has 134 valence electrons. The van der Waals surface area contributed by atoms with Gasteiger partial charge in [0.15, 0.2) is 0 Å². The molecular formula is C16H17F3N4O2. The fourth-order valence-electron chi connectivity index (χ4n) is 3.02. The van der Waals surface area contributed by atoms with Crippen molar-refractivity contribution < 1.29 is 18.0 Å². The lowest BCUT2D eigenvalue weighted by atomic mass is 10.0. The first-order valence-corrected chi connectivity index (χ1v) is 7.86. The van der Waals surface area contributed by atoms with Gasteiger partial charge in [-0.1, -0.05) is 18.2 Å². The fourth-order valence-corrected chi connectivity index (χ4v) is 3.02. The highest BCUT2D eigenvalue weighted by molar-refractivity contribution is 5.94. The summed E-state index contributed by atoms with van der Waals surface area (Å²) in [6, 6.07) is 8.34. The van der Waals surface area contributed by atoms with Crippen LogP contribution in [0.25, 0.3) is 0 Å². The zero-order chi connectivity index (χ0) is 18.2. The van der Waals surface area contributed by atoms with Crippen LogP contribution in [0.1, 0.15) is 35.1 Å². The van der Waals surface area contributed by atoms with Gasteiger partial charge in [-0.15, -0.1) is 5.10 Å². The molecule has 25 heavy (non-hydrogen) atoms. The lowest BCUT2D eigenvalue weighted by Gasteiger charge is -2.31. The number of hydrogen-bond donors (Lipinski definition) is 0. The van der Waals surface area contributed by atoms with Gasteiger partial charge >= 0.3 is 11.9 Å². The average Bonchev–Trinajstić information content (AvgIpc) is 2.91. The van der Waals surface area contributed by atoms with E-state index in [1.807, 2.05) is 6.07 Å². The number of halogens is 3. The van der Waals surface area contributed by atoms with E-state index < -0.39 is 23.7 Å².